The summed E-state index contributed by atoms with van der Waals surface area (Å²) < 4.78 is 0.866. The van der Waals surface area contributed by atoms with E-state index in [1.807, 2.05) is 0 Å². The molecule has 0 aliphatic heterocycles. The quantitative estimate of drug-likeness (QED) is 0.437. The predicted molar refractivity (Wildman–Crippen MR) is 127 cm³/mol. The summed E-state index contributed by atoms with van der Waals surface area (Å²) in [5.41, 5.74) is 7.04. The first-order valence-corrected chi connectivity index (χ1v) is 11.7. The molecule has 5 rings (SSSR count). The molecule has 2 aliphatic rings. The van der Waals surface area contributed by atoms with Gasteiger partial charge in [0.1, 0.15) is 5.41 Å². The molecule has 6 nitrogen and oxygen atoms in total. The second kappa shape index (κ2) is 7.40. The molecule has 0 spiro atoms. The Labute approximate surface area is 203 Å². The van der Waals surface area contributed by atoms with Crippen molar-refractivity contribution >= 4 is 62.0 Å². The lowest BCUT2D eigenvalue weighted by Crippen LogP contribution is -2.54. The number of fused-ring (bicyclic) bond motifs is 6. The molecular weight excluding hydrogens is 515 g/mol. The summed E-state index contributed by atoms with van der Waals surface area (Å²) in [7, 11) is 0. The van der Waals surface area contributed by atoms with Crippen molar-refractivity contribution in [1.82, 2.24) is 20.8 Å². The number of carbonyl (C=O) groups is 2. The maximum atomic E-state index is 13.6. The third-order valence-corrected chi connectivity index (χ3v) is 8.28. The molecule has 2 N–H and O–H groups in total. The number of nitrogens with zero attached hydrogens (tertiary/aromatic N) is 2. The van der Waals surface area contributed by atoms with Crippen molar-refractivity contribution in [3.8, 4) is 0 Å². The molecule has 2 unspecified atom stereocenters. The van der Waals surface area contributed by atoms with Crippen LogP contribution in [0.4, 0.5) is 0 Å². The predicted octanol–water partition coefficient (Wildman–Crippen LogP) is 5.32. The van der Waals surface area contributed by atoms with Gasteiger partial charge in [0.05, 0.1) is 32.5 Å². The Hall–Kier alpha value is -2.22. The second-order valence-electron chi connectivity index (χ2n) is 8.85. The third kappa shape index (κ3) is 2.98. The average Bonchev–Trinajstić information content (AvgIpc) is 3.13. The standard InChI is InChI=1S/C23H19BrCl2N4O2/c1-22(2)13-7-8-23(22,21(32)30-29-20(31)11-3-5-12(24)6-4-11)19-18(13)27-16-9-14(25)15(26)10-17(16)28-19/h3-6,9-10,13H,7-8H2,1-2H3,(H,29,31)(H,30,32). The number of halogens is 3. The van der Waals surface area contributed by atoms with E-state index in [9.17, 15) is 9.59 Å². The van der Waals surface area contributed by atoms with Crippen LogP contribution in [0, 0.1) is 5.41 Å². The van der Waals surface area contributed by atoms with Crippen molar-refractivity contribution in [3.05, 3.63) is 67.9 Å². The van der Waals surface area contributed by atoms with E-state index in [2.05, 4.69) is 40.6 Å². The Kier molecular flexibility index (Phi) is 5.00. The number of hydrazine groups is 1. The summed E-state index contributed by atoms with van der Waals surface area (Å²) in [4.78, 5) is 35.8. The van der Waals surface area contributed by atoms with Crippen molar-refractivity contribution in [3.63, 3.8) is 0 Å². The number of rotatable bonds is 2. The fourth-order valence-electron chi connectivity index (χ4n) is 5.27. The van der Waals surface area contributed by atoms with Gasteiger partial charge in [-0.2, -0.15) is 0 Å². The summed E-state index contributed by atoms with van der Waals surface area (Å²) >= 11 is 15.7. The largest absolute Gasteiger partial charge is 0.272 e. The van der Waals surface area contributed by atoms with E-state index in [1.54, 1.807) is 36.4 Å². The molecule has 2 aliphatic carbocycles. The van der Waals surface area contributed by atoms with Gasteiger partial charge >= 0.3 is 0 Å². The average molecular weight is 534 g/mol. The zero-order valence-electron chi connectivity index (χ0n) is 17.3. The van der Waals surface area contributed by atoms with Gasteiger partial charge in [0.25, 0.3) is 11.8 Å². The number of nitrogens with one attached hydrogen (secondary N) is 2. The zero-order chi connectivity index (χ0) is 22.8. The first-order valence-electron chi connectivity index (χ1n) is 10.2. The molecule has 2 atom stereocenters. The van der Waals surface area contributed by atoms with Gasteiger partial charge in [-0.15, -0.1) is 0 Å². The maximum Gasteiger partial charge on any atom is 0.269 e. The number of benzene rings is 2. The van der Waals surface area contributed by atoms with E-state index in [1.165, 1.54) is 0 Å². The number of amides is 2. The van der Waals surface area contributed by atoms with E-state index in [4.69, 9.17) is 33.2 Å². The Balaban J connectivity index is 1.51. The van der Waals surface area contributed by atoms with Crippen LogP contribution in [0.25, 0.3) is 11.0 Å². The lowest BCUT2D eigenvalue weighted by Gasteiger charge is -2.36. The highest BCUT2D eigenvalue weighted by molar-refractivity contribution is 9.10. The molecule has 1 fully saturated rings. The zero-order valence-corrected chi connectivity index (χ0v) is 20.4. The van der Waals surface area contributed by atoms with Crippen LogP contribution in [0.3, 0.4) is 0 Å². The fraction of sp³-hybridized carbons (Fsp3) is 0.304. The number of aromatic nitrogens is 2. The van der Waals surface area contributed by atoms with Crippen LogP contribution < -0.4 is 10.9 Å². The van der Waals surface area contributed by atoms with Gasteiger partial charge in [-0.25, -0.2) is 9.97 Å². The topological polar surface area (TPSA) is 84.0 Å². The SMILES string of the molecule is CC1(C)C2CCC1(C(=O)NNC(=O)c1ccc(Br)cc1)c1nc3cc(Cl)c(Cl)cc3nc12. The summed E-state index contributed by atoms with van der Waals surface area (Å²) in [6.45, 7) is 4.13. The lowest BCUT2D eigenvalue weighted by molar-refractivity contribution is -0.130. The molecule has 1 heterocycles. The van der Waals surface area contributed by atoms with Crippen LogP contribution in [0.1, 0.15) is 54.4 Å². The van der Waals surface area contributed by atoms with Crippen molar-refractivity contribution < 1.29 is 9.59 Å². The van der Waals surface area contributed by atoms with E-state index in [-0.39, 0.29) is 17.7 Å². The number of hydrogen-bond donors (Lipinski definition) is 2. The van der Waals surface area contributed by atoms with E-state index >= 15 is 0 Å². The second-order valence-corrected chi connectivity index (χ2v) is 10.6. The molecule has 9 heteroatoms. The highest BCUT2D eigenvalue weighted by Gasteiger charge is 2.68. The van der Waals surface area contributed by atoms with E-state index in [0.29, 0.717) is 38.8 Å². The number of hydrogen-bond acceptors (Lipinski definition) is 4. The molecular formula is C23H19BrCl2N4O2. The molecule has 1 aromatic heterocycles. The minimum Gasteiger partial charge on any atom is -0.272 e. The third-order valence-electron chi connectivity index (χ3n) is 7.03. The Morgan fingerprint density at radius 2 is 1.66 bits per heavy atom. The molecule has 2 bridgehead atoms. The van der Waals surface area contributed by atoms with E-state index < -0.39 is 10.8 Å². The van der Waals surface area contributed by atoms with E-state index in [0.717, 1.165) is 16.6 Å². The molecule has 0 radical (unpaired) electrons. The highest BCUT2D eigenvalue weighted by atomic mass is 79.9. The molecule has 32 heavy (non-hydrogen) atoms. The normalized spacial score (nSPS) is 22.6. The van der Waals surface area contributed by atoms with Gasteiger partial charge in [0.2, 0.25) is 0 Å². The summed E-state index contributed by atoms with van der Waals surface area (Å²) in [5.74, 6) is -0.599. The highest BCUT2D eigenvalue weighted by Crippen LogP contribution is 2.67. The fourth-order valence-corrected chi connectivity index (χ4v) is 5.85. The van der Waals surface area contributed by atoms with Gasteiger partial charge in [-0.05, 0) is 54.7 Å². The van der Waals surface area contributed by atoms with Gasteiger partial charge in [-0.3, -0.25) is 20.4 Å². The monoisotopic (exact) mass is 532 g/mol. The minimum absolute atomic E-state index is 0.0804. The molecule has 3 aromatic rings. The van der Waals surface area contributed by atoms with Gasteiger partial charge in [0, 0.05) is 16.0 Å². The van der Waals surface area contributed by atoms with Crippen LogP contribution in [0.15, 0.2) is 40.9 Å². The van der Waals surface area contributed by atoms with Crippen molar-refractivity contribution in [2.45, 2.75) is 38.0 Å². The van der Waals surface area contributed by atoms with Crippen LogP contribution in [0.2, 0.25) is 10.0 Å². The Bertz CT molecular complexity index is 1300. The van der Waals surface area contributed by atoms with Crippen LogP contribution in [0.5, 0.6) is 0 Å². The first kappa shape index (κ1) is 21.6. The molecule has 164 valence electrons. The molecule has 2 amide bonds. The Morgan fingerprint density at radius 3 is 2.31 bits per heavy atom. The summed E-state index contributed by atoms with van der Waals surface area (Å²) in [6.07, 6.45) is 1.44. The van der Waals surface area contributed by atoms with Crippen LogP contribution in [-0.2, 0) is 10.2 Å². The van der Waals surface area contributed by atoms with Crippen molar-refractivity contribution in [2.24, 2.45) is 5.41 Å². The minimum atomic E-state index is -0.909. The molecule has 1 saturated carbocycles. The molecule has 0 saturated heterocycles. The smallest absolute Gasteiger partial charge is 0.269 e. The summed E-state index contributed by atoms with van der Waals surface area (Å²) in [5, 5.41) is 0.801. The maximum absolute atomic E-state index is 13.6. The van der Waals surface area contributed by atoms with Crippen LogP contribution >= 0.6 is 39.1 Å². The van der Waals surface area contributed by atoms with Crippen molar-refractivity contribution in [2.75, 3.05) is 0 Å². The summed E-state index contributed by atoms with van der Waals surface area (Å²) in [6, 6.07) is 10.3. The number of carbonyl (C=O) groups excluding carboxylic acids is 2. The lowest BCUT2D eigenvalue weighted by atomic mass is 9.68. The van der Waals surface area contributed by atoms with Gasteiger partial charge in [0.15, 0.2) is 0 Å². The molecule has 2 aromatic carbocycles. The van der Waals surface area contributed by atoms with Crippen LogP contribution in [-0.4, -0.2) is 21.8 Å². The van der Waals surface area contributed by atoms with Gasteiger partial charge < -0.3 is 0 Å². The van der Waals surface area contributed by atoms with Gasteiger partial charge in [-0.1, -0.05) is 53.0 Å². The Morgan fingerprint density at radius 1 is 1.03 bits per heavy atom. The van der Waals surface area contributed by atoms with Crippen molar-refractivity contribution in [1.29, 1.82) is 0 Å². The first-order chi connectivity index (χ1) is 15.1.